The first-order chi connectivity index (χ1) is 14.6. The van der Waals surface area contributed by atoms with E-state index >= 15 is 0 Å². The van der Waals surface area contributed by atoms with Crippen LogP contribution in [0.3, 0.4) is 0 Å². The van der Waals surface area contributed by atoms with E-state index < -0.39 is 6.10 Å². The molecule has 0 bridgehead atoms. The van der Waals surface area contributed by atoms with Gasteiger partial charge in [0.05, 0.1) is 12.1 Å². The van der Waals surface area contributed by atoms with Gasteiger partial charge in [-0.1, -0.05) is 33.6 Å². The van der Waals surface area contributed by atoms with Crippen molar-refractivity contribution < 1.29 is 14.6 Å². The normalized spacial score (nSPS) is 24.0. The summed E-state index contributed by atoms with van der Waals surface area (Å²) in [6.45, 7) is 8.68. The van der Waals surface area contributed by atoms with E-state index in [1.165, 1.54) is 31.7 Å². The Labute approximate surface area is 186 Å². The minimum absolute atomic E-state index is 0.0782. The van der Waals surface area contributed by atoms with E-state index in [-0.39, 0.29) is 29.0 Å². The fraction of sp³-hybridized carbons (Fsp3) is 0.760. The zero-order chi connectivity index (χ0) is 22.2. The van der Waals surface area contributed by atoms with Crippen molar-refractivity contribution in [1.29, 1.82) is 0 Å². The fourth-order valence-electron chi connectivity index (χ4n) is 5.04. The van der Waals surface area contributed by atoms with Gasteiger partial charge in [0.25, 0.3) is 0 Å². The molecule has 1 amide bonds. The number of fused-ring (bicyclic) bond motifs is 1. The molecule has 2 heterocycles. The summed E-state index contributed by atoms with van der Waals surface area (Å²) in [6.07, 6.45) is 9.79. The first kappa shape index (κ1) is 22.5. The maximum Gasteiger partial charge on any atom is 0.218 e. The molecular formula is C25H39N3O3. The number of aliphatic hydroxyl groups is 1. The van der Waals surface area contributed by atoms with E-state index in [1.54, 1.807) is 0 Å². The van der Waals surface area contributed by atoms with Gasteiger partial charge in [0.15, 0.2) is 0 Å². The van der Waals surface area contributed by atoms with Gasteiger partial charge in [0.2, 0.25) is 11.8 Å². The molecule has 3 atom stereocenters. The van der Waals surface area contributed by atoms with Gasteiger partial charge in [-0.25, -0.2) is 4.98 Å². The summed E-state index contributed by atoms with van der Waals surface area (Å²) in [7, 11) is 0. The number of aliphatic hydroxyl groups excluding tert-OH is 1. The molecule has 0 aromatic carbocycles. The molecular weight excluding hydrogens is 390 g/mol. The Morgan fingerprint density at radius 2 is 2.10 bits per heavy atom. The molecule has 2 fully saturated rings. The monoisotopic (exact) mass is 429 g/mol. The maximum atomic E-state index is 11.6. The van der Waals surface area contributed by atoms with Gasteiger partial charge in [0.1, 0.15) is 5.60 Å². The summed E-state index contributed by atoms with van der Waals surface area (Å²) < 4.78 is 6.37. The third-order valence-electron chi connectivity index (χ3n) is 6.91. The second kappa shape index (κ2) is 8.70. The van der Waals surface area contributed by atoms with E-state index in [9.17, 15) is 9.90 Å². The number of amides is 1. The number of hydrogen-bond donors (Lipinski definition) is 3. The van der Waals surface area contributed by atoms with Gasteiger partial charge >= 0.3 is 0 Å². The number of rotatable bonds is 8. The molecule has 3 N–H and O–H groups in total. The predicted octanol–water partition coefficient (Wildman–Crippen LogP) is 3.67. The SMILES string of the molecule is CC(=O)N[C@@H](CC1CC1)[C@@H](O)CN[C@H]1CC2(CCC2)Oc2ncc(CC(C)(C)C)cc21. The number of carbonyl (C=O) groups is 1. The summed E-state index contributed by atoms with van der Waals surface area (Å²) in [4.78, 5) is 16.3. The van der Waals surface area contributed by atoms with Crippen LogP contribution in [-0.4, -0.2) is 40.3 Å². The molecule has 1 aromatic rings. The van der Waals surface area contributed by atoms with E-state index in [0.717, 1.165) is 43.5 Å². The van der Waals surface area contributed by atoms with E-state index in [0.29, 0.717) is 12.5 Å². The van der Waals surface area contributed by atoms with Crippen LogP contribution < -0.4 is 15.4 Å². The van der Waals surface area contributed by atoms with Crippen molar-refractivity contribution in [3.8, 4) is 5.88 Å². The van der Waals surface area contributed by atoms with Crippen molar-refractivity contribution in [2.45, 2.75) is 103 Å². The summed E-state index contributed by atoms with van der Waals surface area (Å²) in [5.41, 5.74) is 2.40. The van der Waals surface area contributed by atoms with Crippen molar-refractivity contribution in [2.24, 2.45) is 11.3 Å². The zero-order valence-corrected chi connectivity index (χ0v) is 19.5. The van der Waals surface area contributed by atoms with E-state index in [4.69, 9.17) is 9.72 Å². The van der Waals surface area contributed by atoms with Gasteiger partial charge in [-0.2, -0.15) is 0 Å². The second-order valence-electron chi connectivity index (χ2n) is 11.3. The van der Waals surface area contributed by atoms with Crippen molar-refractivity contribution in [2.75, 3.05) is 6.54 Å². The minimum Gasteiger partial charge on any atom is -0.471 e. The lowest BCUT2D eigenvalue weighted by Gasteiger charge is -2.47. The van der Waals surface area contributed by atoms with Crippen LogP contribution >= 0.6 is 0 Å². The van der Waals surface area contributed by atoms with Crippen LogP contribution in [-0.2, 0) is 11.2 Å². The van der Waals surface area contributed by atoms with Crippen molar-refractivity contribution in [3.05, 3.63) is 23.4 Å². The Bertz CT molecular complexity index is 796. The van der Waals surface area contributed by atoms with Crippen LogP contribution in [0.15, 0.2) is 12.3 Å². The number of nitrogens with one attached hydrogen (secondary N) is 2. The minimum atomic E-state index is -0.612. The van der Waals surface area contributed by atoms with Gasteiger partial charge in [0, 0.05) is 37.7 Å². The molecule has 31 heavy (non-hydrogen) atoms. The summed E-state index contributed by atoms with van der Waals surface area (Å²) >= 11 is 0. The van der Waals surface area contributed by atoms with Gasteiger partial charge in [-0.15, -0.1) is 0 Å². The van der Waals surface area contributed by atoms with Crippen LogP contribution in [0, 0.1) is 11.3 Å². The van der Waals surface area contributed by atoms with Crippen LogP contribution in [0.2, 0.25) is 0 Å². The number of carbonyl (C=O) groups excluding carboxylic acids is 1. The molecule has 6 nitrogen and oxygen atoms in total. The molecule has 4 rings (SSSR count). The van der Waals surface area contributed by atoms with Crippen LogP contribution in [0.4, 0.5) is 0 Å². The molecule has 1 aliphatic heterocycles. The number of ether oxygens (including phenoxy) is 1. The molecule has 0 saturated heterocycles. The molecule has 1 spiro atoms. The Balaban J connectivity index is 1.48. The van der Waals surface area contributed by atoms with Crippen molar-refractivity contribution in [3.63, 3.8) is 0 Å². The topological polar surface area (TPSA) is 83.5 Å². The molecule has 6 heteroatoms. The highest BCUT2D eigenvalue weighted by Gasteiger charge is 2.46. The average Bonchev–Trinajstić information content (AvgIpc) is 3.46. The molecule has 3 aliphatic rings. The average molecular weight is 430 g/mol. The Hall–Kier alpha value is -1.66. The van der Waals surface area contributed by atoms with E-state index in [1.807, 2.05) is 6.20 Å². The number of hydrogen-bond acceptors (Lipinski definition) is 5. The number of aromatic nitrogens is 1. The first-order valence-electron chi connectivity index (χ1n) is 12.0. The Kier molecular flexibility index (Phi) is 6.32. The van der Waals surface area contributed by atoms with E-state index in [2.05, 4.69) is 37.5 Å². The molecule has 0 unspecified atom stereocenters. The summed E-state index contributed by atoms with van der Waals surface area (Å²) in [6, 6.07) is 2.14. The Morgan fingerprint density at radius 3 is 2.68 bits per heavy atom. The lowest BCUT2D eigenvalue weighted by Crippen LogP contribution is -2.52. The molecule has 2 saturated carbocycles. The summed E-state index contributed by atoms with van der Waals surface area (Å²) in [5.74, 6) is 1.30. The lowest BCUT2D eigenvalue weighted by molar-refractivity contribution is -0.120. The van der Waals surface area contributed by atoms with Crippen molar-refractivity contribution >= 4 is 5.91 Å². The lowest BCUT2D eigenvalue weighted by atomic mass is 9.73. The quantitative estimate of drug-likeness (QED) is 0.587. The number of nitrogens with zero attached hydrogens (tertiary/aromatic N) is 1. The maximum absolute atomic E-state index is 11.6. The highest BCUT2D eigenvalue weighted by Crippen LogP contribution is 2.48. The standard InChI is InChI=1S/C25H39N3O3/c1-16(29)28-20(11-17-6-7-17)22(30)15-26-21-13-25(8-5-9-25)31-23-19(21)10-18(14-27-23)12-24(2,3)4/h10,14,17,20-22,26,30H,5-9,11-13,15H2,1-4H3,(H,28,29)/t20-,21-,22-/m0/s1. The van der Waals surface area contributed by atoms with Gasteiger partial charge < -0.3 is 20.5 Å². The van der Waals surface area contributed by atoms with Crippen LogP contribution in [0.5, 0.6) is 5.88 Å². The van der Waals surface area contributed by atoms with Crippen LogP contribution in [0.1, 0.15) is 89.8 Å². The largest absolute Gasteiger partial charge is 0.471 e. The molecule has 0 radical (unpaired) electrons. The second-order valence-corrected chi connectivity index (χ2v) is 11.3. The smallest absolute Gasteiger partial charge is 0.218 e. The molecule has 2 aliphatic carbocycles. The van der Waals surface area contributed by atoms with Gasteiger partial charge in [-0.3, -0.25) is 4.79 Å². The Morgan fingerprint density at radius 1 is 1.35 bits per heavy atom. The molecule has 172 valence electrons. The predicted molar refractivity (Wildman–Crippen MR) is 121 cm³/mol. The fourth-order valence-corrected chi connectivity index (χ4v) is 5.04. The summed E-state index contributed by atoms with van der Waals surface area (Å²) in [5, 5.41) is 17.5. The van der Waals surface area contributed by atoms with Crippen molar-refractivity contribution in [1.82, 2.24) is 15.6 Å². The third kappa shape index (κ3) is 5.78. The highest BCUT2D eigenvalue weighted by atomic mass is 16.5. The number of pyridine rings is 1. The zero-order valence-electron chi connectivity index (χ0n) is 19.5. The molecule has 1 aromatic heterocycles. The van der Waals surface area contributed by atoms with Gasteiger partial charge in [-0.05, 0) is 55.1 Å². The third-order valence-corrected chi connectivity index (χ3v) is 6.91. The first-order valence-corrected chi connectivity index (χ1v) is 12.0. The highest BCUT2D eigenvalue weighted by molar-refractivity contribution is 5.73. The van der Waals surface area contributed by atoms with Crippen LogP contribution in [0.25, 0.3) is 0 Å².